The summed E-state index contributed by atoms with van der Waals surface area (Å²) in [6.07, 6.45) is 0.393. The van der Waals surface area contributed by atoms with Crippen molar-refractivity contribution < 1.29 is 14.3 Å². The van der Waals surface area contributed by atoms with E-state index in [9.17, 15) is 9.59 Å². The summed E-state index contributed by atoms with van der Waals surface area (Å²) in [7, 11) is 1.57. The molecule has 0 saturated heterocycles. The lowest BCUT2D eigenvalue weighted by molar-refractivity contribution is -0.116. The van der Waals surface area contributed by atoms with E-state index in [2.05, 4.69) is 5.32 Å². The van der Waals surface area contributed by atoms with E-state index in [0.717, 1.165) is 0 Å². The van der Waals surface area contributed by atoms with Crippen molar-refractivity contribution in [3.8, 4) is 5.75 Å². The summed E-state index contributed by atoms with van der Waals surface area (Å²) in [6.45, 7) is 0. The van der Waals surface area contributed by atoms with Gasteiger partial charge in [-0.2, -0.15) is 0 Å². The maximum absolute atomic E-state index is 11.8. The Bertz CT molecular complexity index is 593. The molecule has 2 rings (SSSR count). The van der Waals surface area contributed by atoms with Crippen LogP contribution in [0.25, 0.3) is 0 Å². The van der Waals surface area contributed by atoms with Crippen molar-refractivity contribution in [1.82, 2.24) is 0 Å². The number of methoxy groups -OCH3 is 1. The fourth-order valence-corrected chi connectivity index (χ4v) is 2.41. The van der Waals surface area contributed by atoms with Crippen LogP contribution in [0.5, 0.6) is 5.75 Å². The summed E-state index contributed by atoms with van der Waals surface area (Å²) < 4.78 is 5.08. The van der Waals surface area contributed by atoms with Gasteiger partial charge in [-0.05, 0) is 23.6 Å². The molecule has 1 amide bonds. The van der Waals surface area contributed by atoms with Crippen LogP contribution in [0.2, 0.25) is 0 Å². The Kier molecular flexibility index (Phi) is 4.90. The number of nitrogens with one attached hydrogen (secondary N) is 1. The lowest BCUT2D eigenvalue weighted by Crippen LogP contribution is -2.13. The average Bonchev–Trinajstić information content (AvgIpc) is 2.99. The molecule has 0 aliphatic heterocycles. The smallest absolute Gasteiger partial charge is 0.224 e. The van der Waals surface area contributed by atoms with Crippen LogP contribution in [0.4, 0.5) is 5.69 Å². The third-order valence-electron chi connectivity index (χ3n) is 2.73. The van der Waals surface area contributed by atoms with Crippen molar-refractivity contribution in [2.75, 3.05) is 12.4 Å². The predicted molar refractivity (Wildman–Crippen MR) is 79.5 cm³/mol. The van der Waals surface area contributed by atoms with Gasteiger partial charge in [0.05, 0.1) is 12.0 Å². The quantitative estimate of drug-likeness (QED) is 0.830. The molecule has 0 aliphatic carbocycles. The summed E-state index contributed by atoms with van der Waals surface area (Å²) in [4.78, 5) is 24.3. The van der Waals surface area contributed by atoms with Gasteiger partial charge in [0, 0.05) is 24.6 Å². The second-order valence-electron chi connectivity index (χ2n) is 4.18. The predicted octanol–water partition coefficient (Wildman–Crippen LogP) is 3.36. The molecule has 1 aromatic carbocycles. The summed E-state index contributed by atoms with van der Waals surface area (Å²) in [6, 6.07) is 10.7. The minimum atomic E-state index is -0.178. The molecule has 0 spiro atoms. The van der Waals surface area contributed by atoms with Crippen molar-refractivity contribution >= 4 is 28.7 Å². The zero-order chi connectivity index (χ0) is 14.4. The number of anilines is 1. The van der Waals surface area contributed by atoms with Gasteiger partial charge in [0.25, 0.3) is 0 Å². The first-order valence-corrected chi connectivity index (χ1v) is 7.07. The van der Waals surface area contributed by atoms with E-state index >= 15 is 0 Å². The number of Topliss-reactive ketones (excluding diaryl/α,β-unsaturated/α-hetero) is 1. The van der Waals surface area contributed by atoms with Gasteiger partial charge in [-0.15, -0.1) is 11.3 Å². The molecule has 5 heteroatoms. The van der Waals surface area contributed by atoms with Gasteiger partial charge in [-0.3, -0.25) is 9.59 Å². The van der Waals surface area contributed by atoms with Gasteiger partial charge in [-0.25, -0.2) is 0 Å². The molecule has 0 unspecified atom stereocenters. The standard InChI is InChI=1S/C15H15NO3S/c1-19-12-5-2-4-11(10-12)16-15(18)8-7-13(17)14-6-3-9-20-14/h2-6,9-10H,7-8H2,1H3,(H,16,18). The van der Waals surface area contributed by atoms with Crippen LogP contribution >= 0.6 is 11.3 Å². The van der Waals surface area contributed by atoms with Crippen molar-refractivity contribution in [2.24, 2.45) is 0 Å². The number of ketones is 1. The largest absolute Gasteiger partial charge is 0.497 e. The first-order valence-electron chi connectivity index (χ1n) is 6.19. The number of hydrogen-bond donors (Lipinski definition) is 1. The molecule has 0 aliphatic rings. The van der Waals surface area contributed by atoms with E-state index in [-0.39, 0.29) is 24.5 Å². The van der Waals surface area contributed by atoms with Gasteiger partial charge in [0.1, 0.15) is 5.75 Å². The van der Waals surface area contributed by atoms with Crippen molar-refractivity contribution in [3.63, 3.8) is 0 Å². The minimum absolute atomic E-state index is 0.000734. The Hall–Kier alpha value is -2.14. The Labute approximate surface area is 121 Å². The monoisotopic (exact) mass is 289 g/mol. The normalized spacial score (nSPS) is 10.1. The zero-order valence-electron chi connectivity index (χ0n) is 11.1. The lowest BCUT2D eigenvalue weighted by Gasteiger charge is -2.06. The number of carbonyl (C=O) groups is 2. The Morgan fingerprint density at radius 1 is 1.20 bits per heavy atom. The zero-order valence-corrected chi connectivity index (χ0v) is 11.9. The third kappa shape index (κ3) is 3.93. The van der Waals surface area contributed by atoms with Crippen LogP contribution in [0.1, 0.15) is 22.5 Å². The highest BCUT2D eigenvalue weighted by Crippen LogP contribution is 2.17. The van der Waals surface area contributed by atoms with E-state index in [0.29, 0.717) is 16.3 Å². The Morgan fingerprint density at radius 3 is 2.75 bits per heavy atom. The highest BCUT2D eigenvalue weighted by atomic mass is 32.1. The second kappa shape index (κ2) is 6.86. The SMILES string of the molecule is COc1cccc(NC(=O)CCC(=O)c2cccs2)c1. The molecular weight excluding hydrogens is 274 g/mol. The molecule has 0 fully saturated rings. The van der Waals surface area contributed by atoms with E-state index in [4.69, 9.17) is 4.74 Å². The Balaban J connectivity index is 1.85. The Morgan fingerprint density at radius 2 is 2.05 bits per heavy atom. The highest BCUT2D eigenvalue weighted by molar-refractivity contribution is 7.12. The van der Waals surface area contributed by atoms with Gasteiger partial charge >= 0.3 is 0 Å². The maximum Gasteiger partial charge on any atom is 0.224 e. The van der Waals surface area contributed by atoms with E-state index in [1.54, 1.807) is 37.4 Å². The molecule has 1 aromatic heterocycles. The summed E-state index contributed by atoms with van der Waals surface area (Å²) in [5.74, 6) is 0.501. The minimum Gasteiger partial charge on any atom is -0.497 e. The number of hydrogen-bond acceptors (Lipinski definition) is 4. The van der Waals surface area contributed by atoms with Crippen molar-refractivity contribution in [2.45, 2.75) is 12.8 Å². The van der Waals surface area contributed by atoms with E-state index < -0.39 is 0 Å². The number of carbonyl (C=O) groups excluding carboxylic acids is 2. The highest BCUT2D eigenvalue weighted by Gasteiger charge is 2.10. The fourth-order valence-electron chi connectivity index (χ4n) is 1.71. The molecule has 2 aromatic rings. The van der Waals surface area contributed by atoms with Crippen LogP contribution in [0, 0.1) is 0 Å². The molecule has 0 radical (unpaired) electrons. The topological polar surface area (TPSA) is 55.4 Å². The molecule has 0 bridgehead atoms. The number of ether oxygens (including phenoxy) is 1. The van der Waals surface area contributed by atoms with Crippen LogP contribution < -0.4 is 10.1 Å². The number of benzene rings is 1. The fraction of sp³-hybridized carbons (Fsp3) is 0.200. The van der Waals surface area contributed by atoms with Gasteiger partial charge in [0.2, 0.25) is 5.91 Å². The van der Waals surface area contributed by atoms with Crippen LogP contribution in [-0.4, -0.2) is 18.8 Å². The van der Waals surface area contributed by atoms with E-state index in [1.807, 2.05) is 11.4 Å². The number of amides is 1. The molecular formula is C15H15NO3S. The molecule has 4 nitrogen and oxygen atoms in total. The van der Waals surface area contributed by atoms with Gasteiger partial charge in [0.15, 0.2) is 5.78 Å². The first kappa shape index (κ1) is 14.3. The average molecular weight is 289 g/mol. The molecule has 1 N–H and O–H groups in total. The van der Waals surface area contributed by atoms with Crippen LogP contribution in [0.15, 0.2) is 41.8 Å². The van der Waals surface area contributed by atoms with Crippen molar-refractivity contribution in [1.29, 1.82) is 0 Å². The third-order valence-corrected chi connectivity index (χ3v) is 3.64. The van der Waals surface area contributed by atoms with E-state index in [1.165, 1.54) is 11.3 Å². The summed E-state index contributed by atoms with van der Waals surface area (Å²) in [5, 5.41) is 4.60. The molecule has 0 atom stereocenters. The molecule has 20 heavy (non-hydrogen) atoms. The molecule has 0 saturated carbocycles. The second-order valence-corrected chi connectivity index (χ2v) is 5.13. The van der Waals surface area contributed by atoms with Gasteiger partial charge in [-0.1, -0.05) is 12.1 Å². The first-order chi connectivity index (χ1) is 9.69. The summed E-state index contributed by atoms with van der Waals surface area (Å²) in [5.41, 5.74) is 0.665. The van der Waals surface area contributed by atoms with Crippen LogP contribution in [-0.2, 0) is 4.79 Å². The number of rotatable bonds is 6. The van der Waals surface area contributed by atoms with Crippen LogP contribution in [0.3, 0.4) is 0 Å². The van der Waals surface area contributed by atoms with Gasteiger partial charge < -0.3 is 10.1 Å². The number of thiophene rings is 1. The van der Waals surface area contributed by atoms with Crippen molar-refractivity contribution in [3.05, 3.63) is 46.7 Å². The maximum atomic E-state index is 11.8. The summed E-state index contributed by atoms with van der Waals surface area (Å²) >= 11 is 1.39. The molecule has 104 valence electrons. The molecule has 1 heterocycles. The lowest BCUT2D eigenvalue weighted by atomic mass is 10.2.